The molecule has 0 saturated heterocycles. The Kier molecular flexibility index (Phi) is 5.80. The summed E-state index contributed by atoms with van der Waals surface area (Å²) in [5.41, 5.74) is -0.159. The van der Waals surface area contributed by atoms with Gasteiger partial charge in [0.2, 0.25) is 0 Å². The van der Waals surface area contributed by atoms with Gasteiger partial charge in [0.15, 0.2) is 0 Å². The lowest BCUT2D eigenvalue weighted by molar-refractivity contribution is -0.137. The van der Waals surface area contributed by atoms with Crippen molar-refractivity contribution in [2.45, 2.75) is 70.6 Å². The Morgan fingerprint density at radius 1 is 1.23 bits per heavy atom. The van der Waals surface area contributed by atoms with Crippen molar-refractivity contribution in [3.63, 3.8) is 0 Å². The van der Waals surface area contributed by atoms with Gasteiger partial charge >= 0.3 is 6.18 Å². The molecule has 2 fully saturated rings. The molecule has 2 aliphatic rings. The summed E-state index contributed by atoms with van der Waals surface area (Å²) in [4.78, 5) is 0. The summed E-state index contributed by atoms with van der Waals surface area (Å²) in [6, 6.07) is 5.04. The number of alkyl halides is 3. The van der Waals surface area contributed by atoms with Gasteiger partial charge in [0.25, 0.3) is 5.17 Å². The van der Waals surface area contributed by atoms with E-state index in [0.717, 1.165) is 24.5 Å². The smallest absolute Gasteiger partial charge is 0.416 e. The van der Waals surface area contributed by atoms with Crippen molar-refractivity contribution in [3.05, 3.63) is 29.8 Å². The Hall–Kier alpha value is -1.30. The average molecular weight is 385 g/mol. The van der Waals surface area contributed by atoms with Crippen molar-refractivity contribution >= 4 is 23.1 Å². The second kappa shape index (κ2) is 7.75. The Balaban J connectivity index is 1.54. The zero-order valence-electron chi connectivity index (χ0n) is 15.1. The van der Waals surface area contributed by atoms with Crippen molar-refractivity contribution in [1.82, 2.24) is 0 Å². The number of rotatable bonds is 4. The molecule has 1 spiro atoms. The van der Waals surface area contributed by atoms with Crippen molar-refractivity contribution in [3.8, 4) is 0 Å². The summed E-state index contributed by atoms with van der Waals surface area (Å²) in [5.74, 6) is 0.835. The Bertz CT molecular complexity index is 638. The van der Waals surface area contributed by atoms with E-state index in [-0.39, 0.29) is 16.7 Å². The first kappa shape index (κ1) is 19.5. The highest BCUT2D eigenvalue weighted by molar-refractivity contribution is 7.80. The van der Waals surface area contributed by atoms with Gasteiger partial charge in [-0.2, -0.15) is 13.2 Å². The number of ether oxygens (including phenoxy) is 1. The number of hydrogen-bond acceptors (Lipinski definition) is 2. The van der Waals surface area contributed by atoms with Gasteiger partial charge in [-0.3, -0.25) is 0 Å². The standard InChI is InChI=1S/C20H26F3NOS/c1-2-4-14-7-10-19(11-8-14)12-9-17(19)25-18(26)24-16-6-3-5-15(13-16)20(21,22)23/h3,5-6,13-14,17H,2,4,7-12H2,1H3,(H,24,26)/t14?,17-,19?/m0/s1. The Labute approximate surface area is 158 Å². The molecule has 0 amide bonds. The van der Waals surface area contributed by atoms with E-state index in [4.69, 9.17) is 17.0 Å². The lowest BCUT2D eigenvalue weighted by Crippen LogP contribution is -2.50. The van der Waals surface area contributed by atoms with E-state index in [1.54, 1.807) is 6.07 Å². The van der Waals surface area contributed by atoms with E-state index in [1.165, 1.54) is 51.0 Å². The van der Waals surface area contributed by atoms with E-state index in [2.05, 4.69) is 12.2 Å². The Morgan fingerprint density at radius 2 is 1.92 bits per heavy atom. The largest absolute Gasteiger partial charge is 0.467 e. The fourth-order valence-corrected chi connectivity index (χ4v) is 4.66. The monoisotopic (exact) mass is 385 g/mol. The van der Waals surface area contributed by atoms with Crippen LogP contribution in [-0.4, -0.2) is 11.3 Å². The summed E-state index contributed by atoms with van der Waals surface area (Å²) in [6.07, 6.45) is 5.27. The maximum Gasteiger partial charge on any atom is 0.416 e. The summed E-state index contributed by atoms with van der Waals surface area (Å²) in [5, 5.41) is 2.98. The fraction of sp³-hybridized carbons (Fsp3) is 0.650. The number of thiocarbonyl (C=S) groups is 1. The van der Waals surface area contributed by atoms with Gasteiger partial charge in [-0.05, 0) is 74.9 Å². The van der Waals surface area contributed by atoms with Crippen LogP contribution in [0.1, 0.15) is 63.9 Å². The number of anilines is 1. The van der Waals surface area contributed by atoms with E-state index in [1.807, 2.05) is 0 Å². The van der Waals surface area contributed by atoms with Crippen LogP contribution in [0.4, 0.5) is 18.9 Å². The zero-order chi connectivity index (χ0) is 18.8. The van der Waals surface area contributed by atoms with Gasteiger partial charge in [0, 0.05) is 11.1 Å². The van der Waals surface area contributed by atoms with Crippen molar-refractivity contribution in [1.29, 1.82) is 0 Å². The molecule has 6 heteroatoms. The van der Waals surface area contributed by atoms with Crippen LogP contribution in [0.25, 0.3) is 0 Å². The third-order valence-electron chi connectivity index (χ3n) is 6.07. The maximum atomic E-state index is 12.8. The summed E-state index contributed by atoms with van der Waals surface area (Å²) in [6.45, 7) is 2.23. The minimum atomic E-state index is -4.37. The molecular weight excluding hydrogens is 359 g/mol. The number of halogens is 3. The molecule has 1 aromatic rings. The molecule has 2 aliphatic carbocycles. The van der Waals surface area contributed by atoms with E-state index >= 15 is 0 Å². The summed E-state index contributed by atoms with van der Waals surface area (Å²) >= 11 is 5.25. The van der Waals surface area contributed by atoms with Gasteiger partial charge in [0.1, 0.15) is 6.10 Å². The van der Waals surface area contributed by atoms with Crippen LogP contribution in [-0.2, 0) is 10.9 Å². The topological polar surface area (TPSA) is 21.3 Å². The molecule has 0 unspecified atom stereocenters. The number of benzene rings is 1. The zero-order valence-corrected chi connectivity index (χ0v) is 15.9. The van der Waals surface area contributed by atoms with Gasteiger partial charge in [-0.15, -0.1) is 0 Å². The molecule has 0 heterocycles. The average Bonchev–Trinajstić information content (AvgIpc) is 2.59. The molecule has 0 bridgehead atoms. The normalized spacial score (nSPS) is 28.5. The Morgan fingerprint density at radius 3 is 2.50 bits per heavy atom. The van der Waals surface area contributed by atoms with Crippen LogP contribution in [0.15, 0.2) is 24.3 Å². The quantitative estimate of drug-likeness (QED) is 0.593. The molecule has 1 aromatic carbocycles. The second-order valence-electron chi connectivity index (χ2n) is 7.73. The molecule has 0 aliphatic heterocycles. The predicted octanol–water partition coefficient (Wildman–Crippen LogP) is 6.56. The second-order valence-corrected chi connectivity index (χ2v) is 8.10. The molecule has 1 N–H and O–H groups in total. The number of nitrogens with one attached hydrogen (secondary N) is 1. The lowest BCUT2D eigenvalue weighted by Gasteiger charge is -2.52. The first-order valence-electron chi connectivity index (χ1n) is 9.47. The molecule has 0 radical (unpaired) electrons. The number of hydrogen-bond donors (Lipinski definition) is 1. The van der Waals surface area contributed by atoms with Crippen LogP contribution in [0.5, 0.6) is 0 Å². The van der Waals surface area contributed by atoms with Gasteiger partial charge < -0.3 is 10.1 Å². The molecule has 3 rings (SSSR count). The van der Waals surface area contributed by atoms with E-state index in [0.29, 0.717) is 5.69 Å². The van der Waals surface area contributed by atoms with Crippen molar-refractivity contribution < 1.29 is 17.9 Å². The maximum absolute atomic E-state index is 12.8. The van der Waals surface area contributed by atoms with Crippen LogP contribution >= 0.6 is 12.2 Å². The summed E-state index contributed by atoms with van der Waals surface area (Å²) < 4.78 is 44.4. The molecule has 0 aromatic heterocycles. The van der Waals surface area contributed by atoms with Crippen molar-refractivity contribution in [2.24, 2.45) is 11.3 Å². The third-order valence-corrected chi connectivity index (χ3v) is 6.27. The van der Waals surface area contributed by atoms with Gasteiger partial charge in [-0.25, -0.2) is 0 Å². The molecular formula is C20H26F3NOS. The third kappa shape index (κ3) is 4.33. The summed E-state index contributed by atoms with van der Waals surface area (Å²) in [7, 11) is 0. The van der Waals surface area contributed by atoms with Crippen LogP contribution in [0.3, 0.4) is 0 Å². The fourth-order valence-electron chi connectivity index (χ4n) is 4.43. The molecule has 144 valence electrons. The molecule has 26 heavy (non-hydrogen) atoms. The minimum Gasteiger partial charge on any atom is -0.467 e. The van der Waals surface area contributed by atoms with Crippen LogP contribution in [0, 0.1) is 11.3 Å². The first-order valence-corrected chi connectivity index (χ1v) is 9.88. The van der Waals surface area contributed by atoms with Crippen molar-refractivity contribution in [2.75, 3.05) is 5.32 Å². The highest BCUT2D eigenvalue weighted by Gasteiger charge is 2.50. The lowest BCUT2D eigenvalue weighted by atomic mass is 9.57. The predicted molar refractivity (Wildman–Crippen MR) is 101 cm³/mol. The van der Waals surface area contributed by atoms with Crippen LogP contribution < -0.4 is 5.32 Å². The first-order chi connectivity index (χ1) is 12.3. The van der Waals surface area contributed by atoms with Gasteiger partial charge in [-0.1, -0.05) is 25.8 Å². The molecule has 2 nitrogen and oxygen atoms in total. The van der Waals surface area contributed by atoms with Gasteiger partial charge in [0.05, 0.1) is 5.56 Å². The molecule has 2 saturated carbocycles. The highest BCUT2D eigenvalue weighted by atomic mass is 32.1. The highest BCUT2D eigenvalue weighted by Crippen LogP contribution is 2.54. The van der Waals surface area contributed by atoms with E-state index < -0.39 is 11.7 Å². The minimum absolute atomic E-state index is 0.0934. The molecule has 1 atom stereocenters. The van der Waals surface area contributed by atoms with E-state index in [9.17, 15) is 13.2 Å². The SMILES string of the molecule is CCCC1CCC2(CC1)CC[C@@H]2OC(=S)Nc1cccc(C(F)(F)F)c1. The van der Waals surface area contributed by atoms with Crippen LogP contribution in [0.2, 0.25) is 0 Å².